The highest BCUT2D eigenvalue weighted by atomic mass is 16.7. The van der Waals surface area contributed by atoms with Gasteiger partial charge in [0.05, 0.1) is 5.60 Å². The third kappa shape index (κ3) is 7.25. The minimum Gasteiger partial charge on any atom is -0.385 e. The second-order valence-electron chi connectivity index (χ2n) is 8.48. The molecule has 0 fully saturated rings. The molecular weight excluding hydrogens is 328 g/mol. The number of hydrogen-bond donors (Lipinski definition) is 2. The molecule has 4 heteroatoms. The quantitative estimate of drug-likeness (QED) is 0.530. The molecule has 0 spiro atoms. The maximum Gasteiger partial charge on any atom is 0.160 e. The summed E-state index contributed by atoms with van der Waals surface area (Å²) in [6.45, 7) is 10.0. The van der Waals surface area contributed by atoms with E-state index in [2.05, 4.69) is 38.7 Å². The van der Waals surface area contributed by atoms with Gasteiger partial charge in [0.15, 0.2) is 6.29 Å². The predicted molar refractivity (Wildman–Crippen MR) is 106 cm³/mol. The fraction of sp³-hybridized carbons (Fsp3) is 0.727. The smallest absolute Gasteiger partial charge is 0.160 e. The Balaban J connectivity index is 2.78. The first-order valence-electron chi connectivity index (χ1n) is 9.32. The Morgan fingerprint density at radius 2 is 1.85 bits per heavy atom. The first-order valence-corrected chi connectivity index (χ1v) is 9.32. The Kier molecular flexibility index (Phi) is 8.10. The summed E-state index contributed by atoms with van der Waals surface area (Å²) in [5.74, 6) is 5.73. The number of hydrogen-bond acceptors (Lipinski definition) is 4. The van der Waals surface area contributed by atoms with Crippen LogP contribution in [0, 0.1) is 17.3 Å². The SMILES string of the molecule is COC(CC(C)(O)C#CCC(C)(O)C=CC1=C(C)CCCC1(C)C)OC. The van der Waals surface area contributed by atoms with Crippen molar-refractivity contribution in [3.63, 3.8) is 0 Å². The van der Waals surface area contributed by atoms with Gasteiger partial charge in [0.2, 0.25) is 0 Å². The standard InChI is InChI=1S/C22H36O4/c1-17-10-8-12-20(2,3)18(17)11-15-21(4,23)13-9-14-22(5,24)16-19(25-6)26-7/h11,15,19,23-24H,8,10,12-13,16H2,1-7H3. The van der Waals surface area contributed by atoms with Crippen molar-refractivity contribution >= 4 is 0 Å². The van der Waals surface area contributed by atoms with Crippen molar-refractivity contribution in [1.82, 2.24) is 0 Å². The van der Waals surface area contributed by atoms with Crippen LogP contribution in [0.25, 0.3) is 0 Å². The fourth-order valence-corrected chi connectivity index (χ4v) is 3.38. The Hall–Kier alpha value is -1.12. The van der Waals surface area contributed by atoms with E-state index >= 15 is 0 Å². The molecule has 26 heavy (non-hydrogen) atoms. The molecule has 148 valence electrons. The zero-order valence-corrected chi connectivity index (χ0v) is 17.5. The number of ether oxygens (including phenoxy) is 2. The number of aliphatic hydroxyl groups is 2. The first kappa shape index (κ1) is 22.9. The highest BCUT2D eigenvalue weighted by molar-refractivity contribution is 5.34. The van der Waals surface area contributed by atoms with Crippen LogP contribution >= 0.6 is 0 Å². The molecular formula is C22H36O4. The van der Waals surface area contributed by atoms with Crippen LogP contribution in [0.2, 0.25) is 0 Å². The fourth-order valence-electron chi connectivity index (χ4n) is 3.38. The number of rotatable bonds is 7. The second-order valence-corrected chi connectivity index (χ2v) is 8.48. The molecule has 0 amide bonds. The minimum atomic E-state index is -1.24. The minimum absolute atomic E-state index is 0.138. The molecule has 2 atom stereocenters. The summed E-state index contributed by atoms with van der Waals surface area (Å²) in [4.78, 5) is 0. The summed E-state index contributed by atoms with van der Waals surface area (Å²) in [5, 5.41) is 21.0. The van der Waals surface area contributed by atoms with Crippen molar-refractivity contribution < 1.29 is 19.7 Å². The highest BCUT2D eigenvalue weighted by Gasteiger charge is 2.28. The summed E-state index contributed by atoms with van der Waals surface area (Å²) >= 11 is 0. The molecule has 1 rings (SSSR count). The Labute approximate surface area is 159 Å². The van der Waals surface area contributed by atoms with E-state index in [0.29, 0.717) is 0 Å². The third-order valence-electron chi connectivity index (χ3n) is 5.05. The van der Waals surface area contributed by atoms with Gasteiger partial charge in [0, 0.05) is 27.1 Å². The molecule has 0 radical (unpaired) electrons. The van der Waals surface area contributed by atoms with E-state index in [1.54, 1.807) is 13.8 Å². The average molecular weight is 365 g/mol. The van der Waals surface area contributed by atoms with Crippen LogP contribution < -0.4 is 0 Å². The van der Waals surface area contributed by atoms with Crippen LogP contribution in [0.3, 0.4) is 0 Å². The van der Waals surface area contributed by atoms with Crippen LogP contribution in [0.4, 0.5) is 0 Å². The lowest BCUT2D eigenvalue weighted by atomic mass is 9.72. The van der Waals surface area contributed by atoms with Gasteiger partial charge in [0.25, 0.3) is 0 Å². The van der Waals surface area contributed by atoms with Crippen molar-refractivity contribution in [3.8, 4) is 11.8 Å². The molecule has 4 nitrogen and oxygen atoms in total. The summed E-state index contributed by atoms with van der Waals surface area (Å²) in [6.07, 6.45) is 7.36. The van der Waals surface area contributed by atoms with Crippen LogP contribution in [-0.2, 0) is 9.47 Å². The van der Waals surface area contributed by atoms with Gasteiger partial charge in [-0.3, -0.25) is 0 Å². The largest absolute Gasteiger partial charge is 0.385 e. The summed E-state index contributed by atoms with van der Waals surface area (Å²) in [6, 6.07) is 0. The van der Waals surface area contributed by atoms with Gasteiger partial charge in [0.1, 0.15) is 5.60 Å². The predicted octanol–water partition coefficient (Wildman–Crippen LogP) is 3.97. The molecule has 1 aliphatic rings. The number of allylic oxidation sites excluding steroid dienone is 3. The molecule has 0 aromatic heterocycles. The third-order valence-corrected chi connectivity index (χ3v) is 5.05. The van der Waals surface area contributed by atoms with Crippen molar-refractivity contribution in [3.05, 3.63) is 23.3 Å². The lowest BCUT2D eigenvalue weighted by Gasteiger charge is -2.33. The molecule has 0 aliphatic heterocycles. The molecule has 0 heterocycles. The van der Waals surface area contributed by atoms with E-state index in [1.165, 1.54) is 31.8 Å². The Morgan fingerprint density at radius 1 is 1.23 bits per heavy atom. The van der Waals surface area contributed by atoms with Crippen LogP contribution in [0.5, 0.6) is 0 Å². The van der Waals surface area contributed by atoms with E-state index in [9.17, 15) is 10.2 Å². The van der Waals surface area contributed by atoms with Crippen molar-refractivity contribution in [2.75, 3.05) is 14.2 Å². The van der Waals surface area contributed by atoms with E-state index in [0.717, 1.165) is 12.8 Å². The van der Waals surface area contributed by atoms with E-state index < -0.39 is 17.5 Å². The normalized spacial score (nSPS) is 22.1. The summed E-state index contributed by atoms with van der Waals surface area (Å²) in [5.41, 5.74) is 0.561. The van der Waals surface area contributed by atoms with Crippen molar-refractivity contribution in [2.24, 2.45) is 5.41 Å². The van der Waals surface area contributed by atoms with E-state index in [1.807, 2.05) is 6.08 Å². The van der Waals surface area contributed by atoms with Gasteiger partial charge in [-0.15, -0.1) is 0 Å². The lowest BCUT2D eigenvalue weighted by molar-refractivity contribution is -0.129. The monoisotopic (exact) mass is 364 g/mol. The van der Waals surface area contributed by atoms with Gasteiger partial charge in [-0.25, -0.2) is 0 Å². The molecule has 1 aliphatic carbocycles. The average Bonchev–Trinajstić information content (AvgIpc) is 2.51. The van der Waals surface area contributed by atoms with Gasteiger partial charge in [-0.05, 0) is 51.0 Å². The molecule has 2 unspecified atom stereocenters. The zero-order valence-electron chi connectivity index (χ0n) is 17.5. The van der Waals surface area contributed by atoms with Crippen LogP contribution in [0.1, 0.15) is 66.7 Å². The Bertz CT molecular complexity index is 581. The lowest BCUT2D eigenvalue weighted by Crippen LogP contribution is -2.30. The second kappa shape index (κ2) is 9.19. The molecule has 2 N–H and O–H groups in total. The molecule has 0 saturated carbocycles. The summed E-state index contributed by atoms with van der Waals surface area (Å²) < 4.78 is 10.2. The molecule has 0 aromatic carbocycles. The molecule has 0 aromatic rings. The topological polar surface area (TPSA) is 58.9 Å². The van der Waals surface area contributed by atoms with E-state index in [4.69, 9.17) is 9.47 Å². The van der Waals surface area contributed by atoms with Crippen LogP contribution in [0.15, 0.2) is 23.3 Å². The maximum absolute atomic E-state index is 10.6. The highest BCUT2D eigenvalue weighted by Crippen LogP contribution is 2.41. The van der Waals surface area contributed by atoms with Gasteiger partial charge < -0.3 is 19.7 Å². The van der Waals surface area contributed by atoms with Crippen LogP contribution in [-0.4, -0.2) is 41.9 Å². The first-order chi connectivity index (χ1) is 11.9. The maximum atomic E-state index is 10.6. The number of methoxy groups -OCH3 is 2. The molecule has 0 bridgehead atoms. The van der Waals surface area contributed by atoms with Crippen molar-refractivity contribution in [1.29, 1.82) is 0 Å². The zero-order chi connectivity index (χ0) is 20.0. The summed E-state index contributed by atoms with van der Waals surface area (Å²) in [7, 11) is 3.05. The van der Waals surface area contributed by atoms with Gasteiger partial charge in [-0.1, -0.05) is 43.4 Å². The Morgan fingerprint density at radius 3 is 2.38 bits per heavy atom. The van der Waals surface area contributed by atoms with Crippen molar-refractivity contribution in [2.45, 2.75) is 84.2 Å². The van der Waals surface area contributed by atoms with Gasteiger partial charge >= 0.3 is 0 Å². The molecule has 0 saturated heterocycles. The van der Waals surface area contributed by atoms with E-state index in [-0.39, 0.29) is 18.3 Å². The van der Waals surface area contributed by atoms with Gasteiger partial charge in [-0.2, -0.15) is 0 Å².